The zero-order chi connectivity index (χ0) is 15.8. The van der Waals surface area contributed by atoms with Crippen LogP contribution < -0.4 is 5.32 Å². The first-order valence-electron chi connectivity index (χ1n) is 7.71. The maximum absolute atomic E-state index is 12.0. The Labute approximate surface area is 132 Å². The highest BCUT2D eigenvalue weighted by atomic mass is 16.1. The quantitative estimate of drug-likeness (QED) is 0.854. The van der Waals surface area contributed by atoms with Gasteiger partial charge in [0.05, 0.1) is 5.56 Å². The number of benzene rings is 1. The third kappa shape index (κ3) is 4.67. The third-order valence-corrected chi connectivity index (χ3v) is 3.70. The van der Waals surface area contributed by atoms with Crippen LogP contribution in [0.5, 0.6) is 0 Å². The van der Waals surface area contributed by atoms with Crippen LogP contribution >= 0.6 is 0 Å². The van der Waals surface area contributed by atoms with E-state index in [1.165, 1.54) is 5.56 Å². The molecule has 0 bridgehead atoms. The molecule has 0 spiro atoms. The maximum atomic E-state index is 12.0. The zero-order valence-corrected chi connectivity index (χ0v) is 13.2. The Morgan fingerprint density at radius 3 is 2.36 bits per heavy atom. The molecule has 0 atom stereocenters. The number of pyridine rings is 1. The second-order valence-corrected chi connectivity index (χ2v) is 5.20. The SMILES string of the molecule is CCN(CC)Cc1ccc(CNC(=O)c2cccnc2)cc1. The van der Waals surface area contributed by atoms with E-state index >= 15 is 0 Å². The Bertz CT molecular complexity index is 577. The van der Waals surface area contributed by atoms with Gasteiger partial charge in [-0.3, -0.25) is 14.7 Å². The third-order valence-electron chi connectivity index (χ3n) is 3.70. The normalized spacial score (nSPS) is 10.7. The summed E-state index contributed by atoms with van der Waals surface area (Å²) in [6.07, 6.45) is 3.23. The first-order valence-corrected chi connectivity index (χ1v) is 7.71. The van der Waals surface area contributed by atoms with E-state index in [4.69, 9.17) is 0 Å². The Morgan fingerprint density at radius 2 is 1.77 bits per heavy atom. The van der Waals surface area contributed by atoms with Crippen molar-refractivity contribution >= 4 is 5.91 Å². The van der Waals surface area contributed by atoms with Gasteiger partial charge in [-0.25, -0.2) is 0 Å². The van der Waals surface area contributed by atoms with Crippen LogP contribution in [0.1, 0.15) is 35.3 Å². The van der Waals surface area contributed by atoms with Gasteiger partial charge >= 0.3 is 0 Å². The highest BCUT2D eigenvalue weighted by Crippen LogP contribution is 2.08. The summed E-state index contributed by atoms with van der Waals surface area (Å²) >= 11 is 0. The molecule has 0 aliphatic carbocycles. The fourth-order valence-corrected chi connectivity index (χ4v) is 2.25. The van der Waals surface area contributed by atoms with E-state index in [2.05, 4.69) is 53.3 Å². The van der Waals surface area contributed by atoms with Crippen LogP contribution in [-0.4, -0.2) is 28.9 Å². The Hall–Kier alpha value is -2.20. The molecule has 1 aromatic heterocycles. The van der Waals surface area contributed by atoms with Crippen LogP contribution in [0.25, 0.3) is 0 Å². The molecule has 0 unspecified atom stereocenters. The van der Waals surface area contributed by atoms with Gasteiger partial charge in [0.1, 0.15) is 0 Å². The number of aromatic nitrogens is 1. The second-order valence-electron chi connectivity index (χ2n) is 5.20. The van der Waals surface area contributed by atoms with E-state index in [0.717, 1.165) is 25.2 Å². The first kappa shape index (κ1) is 16.2. The number of rotatable bonds is 7. The molecule has 4 nitrogen and oxygen atoms in total. The molecule has 2 aromatic rings. The largest absolute Gasteiger partial charge is 0.348 e. The lowest BCUT2D eigenvalue weighted by molar-refractivity contribution is 0.0950. The Balaban J connectivity index is 1.87. The average molecular weight is 297 g/mol. The van der Waals surface area contributed by atoms with Gasteiger partial charge in [0.15, 0.2) is 0 Å². The number of nitrogens with zero attached hydrogens (tertiary/aromatic N) is 2. The van der Waals surface area contributed by atoms with Crippen molar-refractivity contribution in [3.05, 3.63) is 65.5 Å². The lowest BCUT2D eigenvalue weighted by Gasteiger charge is -2.18. The molecule has 2 rings (SSSR count). The molecule has 1 heterocycles. The van der Waals surface area contributed by atoms with E-state index in [1.54, 1.807) is 24.5 Å². The molecule has 1 N–H and O–H groups in total. The van der Waals surface area contributed by atoms with Crippen molar-refractivity contribution in [2.45, 2.75) is 26.9 Å². The summed E-state index contributed by atoms with van der Waals surface area (Å²) in [6.45, 7) is 7.95. The molecule has 4 heteroatoms. The maximum Gasteiger partial charge on any atom is 0.253 e. The van der Waals surface area contributed by atoms with Gasteiger partial charge in [-0.2, -0.15) is 0 Å². The Morgan fingerprint density at radius 1 is 1.09 bits per heavy atom. The fraction of sp³-hybridized carbons (Fsp3) is 0.333. The highest BCUT2D eigenvalue weighted by Gasteiger charge is 2.05. The van der Waals surface area contributed by atoms with Crippen LogP contribution in [0.15, 0.2) is 48.8 Å². The summed E-state index contributed by atoms with van der Waals surface area (Å²) in [6, 6.07) is 11.9. The van der Waals surface area contributed by atoms with Crippen molar-refractivity contribution in [3.63, 3.8) is 0 Å². The number of carbonyl (C=O) groups is 1. The van der Waals surface area contributed by atoms with Crippen molar-refractivity contribution in [2.24, 2.45) is 0 Å². The minimum absolute atomic E-state index is 0.0969. The van der Waals surface area contributed by atoms with Crippen molar-refractivity contribution in [3.8, 4) is 0 Å². The first-order chi connectivity index (χ1) is 10.7. The van der Waals surface area contributed by atoms with Crippen molar-refractivity contribution in [1.29, 1.82) is 0 Å². The predicted octanol–water partition coefficient (Wildman–Crippen LogP) is 2.85. The number of hydrogen-bond acceptors (Lipinski definition) is 3. The zero-order valence-electron chi connectivity index (χ0n) is 13.2. The molecule has 1 aromatic carbocycles. The average Bonchev–Trinajstić information content (AvgIpc) is 2.59. The van der Waals surface area contributed by atoms with E-state index in [0.29, 0.717) is 12.1 Å². The summed E-state index contributed by atoms with van der Waals surface area (Å²) in [4.78, 5) is 18.3. The minimum Gasteiger partial charge on any atom is -0.348 e. The Kier molecular flexibility index (Phi) is 6.10. The standard InChI is InChI=1S/C18H23N3O/c1-3-21(4-2)14-16-9-7-15(8-10-16)12-20-18(22)17-6-5-11-19-13-17/h5-11,13H,3-4,12,14H2,1-2H3,(H,20,22). The van der Waals surface area contributed by atoms with Crippen LogP contribution in [0, 0.1) is 0 Å². The number of nitrogens with one attached hydrogen (secondary N) is 1. The molecular formula is C18H23N3O. The summed E-state index contributed by atoms with van der Waals surface area (Å²) < 4.78 is 0. The summed E-state index contributed by atoms with van der Waals surface area (Å²) in [5.74, 6) is -0.0969. The molecule has 0 fully saturated rings. The smallest absolute Gasteiger partial charge is 0.253 e. The number of amides is 1. The monoisotopic (exact) mass is 297 g/mol. The van der Waals surface area contributed by atoms with Crippen molar-refractivity contribution in [2.75, 3.05) is 13.1 Å². The molecule has 1 amide bonds. The minimum atomic E-state index is -0.0969. The lowest BCUT2D eigenvalue weighted by Crippen LogP contribution is -2.23. The molecule has 0 aliphatic heterocycles. The van der Waals surface area contributed by atoms with Gasteiger partial charge in [-0.1, -0.05) is 38.1 Å². The number of carbonyl (C=O) groups excluding carboxylic acids is 1. The molecular weight excluding hydrogens is 274 g/mol. The van der Waals surface area contributed by atoms with Gasteiger partial charge in [0, 0.05) is 25.5 Å². The van der Waals surface area contributed by atoms with Crippen LogP contribution in [0.2, 0.25) is 0 Å². The van der Waals surface area contributed by atoms with Gasteiger partial charge in [0.2, 0.25) is 0 Å². The second kappa shape index (κ2) is 8.29. The van der Waals surface area contributed by atoms with Gasteiger partial charge in [-0.05, 0) is 36.3 Å². The van der Waals surface area contributed by atoms with E-state index in [9.17, 15) is 4.79 Å². The molecule has 0 saturated heterocycles. The summed E-state index contributed by atoms with van der Waals surface area (Å²) in [7, 11) is 0. The van der Waals surface area contributed by atoms with Crippen LogP contribution in [0.4, 0.5) is 0 Å². The molecule has 116 valence electrons. The topological polar surface area (TPSA) is 45.2 Å². The molecule has 0 saturated carbocycles. The van der Waals surface area contributed by atoms with Gasteiger partial charge < -0.3 is 5.32 Å². The van der Waals surface area contributed by atoms with E-state index < -0.39 is 0 Å². The van der Waals surface area contributed by atoms with E-state index in [1.807, 2.05) is 0 Å². The molecule has 22 heavy (non-hydrogen) atoms. The predicted molar refractivity (Wildman–Crippen MR) is 88.5 cm³/mol. The van der Waals surface area contributed by atoms with Crippen LogP contribution in [0.3, 0.4) is 0 Å². The van der Waals surface area contributed by atoms with Crippen molar-refractivity contribution in [1.82, 2.24) is 15.2 Å². The van der Waals surface area contributed by atoms with Gasteiger partial charge in [0.25, 0.3) is 5.91 Å². The fourth-order valence-electron chi connectivity index (χ4n) is 2.25. The lowest BCUT2D eigenvalue weighted by atomic mass is 10.1. The van der Waals surface area contributed by atoms with Crippen LogP contribution in [-0.2, 0) is 13.1 Å². The van der Waals surface area contributed by atoms with Crippen molar-refractivity contribution < 1.29 is 4.79 Å². The molecule has 0 aliphatic rings. The highest BCUT2D eigenvalue weighted by molar-refractivity contribution is 5.93. The van der Waals surface area contributed by atoms with E-state index in [-0.39, 0.29) is 5.91 Å². The summed E-state index contributed by atoms with van der Waals surface area (Å²) in [5.41, 5.74) is 2.98. The molecule has 0 radical (unpaired) electrons. The number of hydrogen-bond donors (Lipinski definition) is 1. The van der Waals surface area contributed by atoms with Gasteiger partial charge in [-0.15, -0.1) is 0 Å². The summed E-state index contributed by atoms with van der Waals surface area (Å²) in [5, 5.41) is 2.91.